The SMILES string of the molecule is COc1ccc(C(CO)NC(=O)c2ccc3cnc(Nc4cc(C)nn4C)cc3c2)cc1F. The standard InChI is InChI=1S/C24H24FN5O3/c1-14-8-23(30(2)29-14)28-22-11-18-9-16(4-5-17(18)12-26-22)24(32)27-20(13-31)15-6-7-21(33-3)19(25)10-15/h4-12,20,31H,13H2,1-3H3,(H,26,28)(H,27,32). The van der Waals surface area contributed by atoms with Crippen LogP contribution in [0.15, 0.2) is 54.7 Å². The number of rotatable bonds is 7. The highest BCUT2D eigenvalue weighted by Gasteiger charge is 2.17. The van der Waals surface area contributed by atoms with E-state index in [1.54, 1.807) is 35.1 Å². The van der Waals surface area contributed by atoms with Crippen molar-refractivity contribution in [3.05, 3.63) is 77.4 Å². The first-order chi connectivity index (χ1) is 15.9. The highest BCUT2D eigenvalue weighted by Crippen LogP contribution is 2.24. The minimum Gasteiger partial charge on any atom is -0.494 e. The van der Waals surface area contributed by atoms with Gasteiger partial charge in [-0.1, -0.05) is 12.1 Å². The molecule has 1 atom stereocenters. The fourth-order valence-electron chi connectivity index (χ4n) is 3.58. The zero-order valence-electron chi connectivity index (χ0n) is 18.5. The van der Waals surface area contributed by atoms with Gasteiger partial charge in [-0.3, -0.25) is 9.48 Å². The minimum atomic E-state index is -0.767. The molecule has 0 aliphatic rings. The molecule has 3 N–H and O–H groups in total. The second-order valence-electron chi connectivity index (χ2n) is 7.65. The monoisotopic (exact) mass is 449 g/mol. The van der Waals surface area contributed by atoms with Gasteiger partial charge in [-0.25, -0.2) is 9.37 Å². The number of amides is 1. The Morgan fingerprint density at radius 2 is 2.00 bits per heavy atom. The molecule has 170 valence electrons. The molecule has 1 amide bonds. The van der Waals surface area contributed by atoms with E-state index in [2.05, 4.69) is 20.7 Å². The summed E-state index contributed by atoms with van der Waals surface area (Å²) in [6.45, 7) is 1.52. The minimum absolute atomic E-state index is 0.0932. The molecule has 0 aliphatic carbocycles. The molecular weight excluding hydrogens is 425 g/mol. The molecule has 2 aromatic carbocycles. The molecule has 2 aromatic heterocycles. The lowest BCUT2D eigenvalue weighted by Gasteiger charge is -2.18. The molecule has 0 fully saturated rings. The van der Waals surface area contributed by atoms with Crippen molar-refractivity contribution in [1.82, 2.24) is 20.1 Å². The normalized spacial score (nSPS) is 11.9. The van der Waals surface area contributed by atoms with Crippen LogP contribution in [0.5, 0.6) is 5.75 Å². The van der Waals surface area contributed by atoms with Crippen molar-refractivity contribution in [2.45, 2.75) is 13.0 Å². The number of ether oxygens (including phenoxy) is 1. The Morgan fingerprint density at radius 3 is 2.67 bits per heavy atom. The first-order valence-electron chi connectivity index (χ1n) is 10.3. The maximum atomic E-state index is 14.1. The number of aliphatic hydroxyl groups is 1. The average Bonchev–Trinajstić information content (AvgIpc) is 3.13. The summed E-state index contributed by atoms with van der Waals surface area (Å²) in [5, 5.41) is 21.7. The molecule has 0 saturated heterocycles. The van der Waals surface area contributed by atoms with E-state index in [-0.39, 0.29) is 18.3 Å². The predicted molar refractivity (Wildman–Crippen MR) is 123 cm³/mol. The average molecular weight is 449 g/mol. The molecule has 33 heavy (non-hydrogen) atoms. The molecule has 8 nitrogen and oxygen atoms in total. The quantitative estimate of drug-likeness (QED) is 0.398. The highest BCUT2D eigenvalue weighted by atomic mass is 19.1. The Bertz CT molecular complexity index is 1320. The van der Waals surface area contributed by atoms with Gasteiger partial charge >= 0.3 is 0 Å². The van der Waals surface area contributed by atoms with Gasteiger partial charge in [0.25, 0.3) is 5.91 Å². The predicted octanol–water partition coefficient (Wildman–Crippen LogP) is 3.63. The van der Waals surface area contributed by atoms with Crippen LogP contribution in [0.4, 0.5) is 16.0 Å². The van der Waals surface area contributed by atoms with Crippen LogP contribution in [-0.2, 0) is 7.05 Å². The number of carbonyl (C=O) groups excluding carboxylic acids is 1. The molecule has 4 rings (SSSR count). The molecule has 0 bridgehead atoms. The number of methoxy groups -OCH3 is 1. The lowest BCUT2D eigenvalue weighted by atomic mass is 10.0. The lowest BCUT2D eigenvalue weighted by molar-refractivity contribution is 0.0916. The maximum absolute atomic E-state index is 14.1. The summed E-state index contributed by atoms with van der Waals surface area (Å²) in [5.74, 6) is 0.552. The number of nitrogens with zero attached hydrogens (tertiary/aromatic N) is 3. The van der Waals surface area contributed by atoms with Crippen molar-refractivity contribution in [3.63, 3.8) is 0 Å². The summed E-state index contributed by atoms with van der Waals surface area (Å²) in [7, 11) is 3.21. The molecule has 9 heteroatoms. The summed E-state index contributed by atoms with van der Waals surface area (Å²) in [5.41, 5.74) is 1.73. The topological polar surface area (TPSA) is 101 Å². The molecule has 1 unspecified atom stereocenters. The van der Waals surface area contributed by atoms with E-state index in [9.17, 15) is 14.3 Å². The summed E-state index contributed by atoms with van der Waals surface area (Å²) in [6, 6.07) is 12.5. The Labute approximate surface area is 190 Å². The number of carbonyl (C=O) groups is 1. The van der Waals surface area contributed by atoms with Crippen LogP contribution in [0, 0.1) is 12.7 Å². The lowest BCUT2D eigenvalue weighted by Crippen LogP contribution is -2.30. The van der Waals surface area contributed by atoms with Crippen molar-refractivity contribution >= 4 is 28.3 Å². The molecule has 0 spiro atoms. The molecular formula is C24H24FN5O3. The number of fused-ring (bicyclic) bond motifs is 1. The van der Waals surface area contributed by atoms with Gasteiger partial charge in [-0.15, -0.1) is 0 Å². The van der Waals surface area contributed by atoms with E-state index < -0.39 is 11.9 Å². The first-order valence-corrected chi connectivity index (χ1v) is 10.3. The number of nitrogens with one attached hydrogen (secondary N) is 2. The van der Waals surface area contributed by atoms with Crippen molar-refractivity contribution in [1.29, 1.82) is 0 Å². The molecule has 2 heterocycles. The van der Waals surface area contributed by atoms with Gasteiger partial charge in [0.2, 0.25) is 0 Å². The number of anilines is 2. The maximum Gasteiger partial charge on any atom is 0.251 e. The van der Waals surface area contributed by atoms with Crippen LogP contribution >= 0.6 is 0 Å². The van der Waals surface area contributed by atoms with Crippen LogP contribution in [0.3, 0.4) is 0 Å². The Hall–Kier alpha value is -3.98. The summed E-state index contributed by atoms with van der Waals surface area (Å²) in [4.78, 5) is 17.3. The molecule has 0 aliphatic heterocycles. The van der Waals surface area contributed by atoms with E-state index in [1.165, 1.54) is 19.2 Å². The number of aliphatic hydroxyl groups excluding tert-OH is 1. The largest absolute Gasteiger partial charge is 0.494 e. The number of aryl methyl sites for hydroxylation is 2. The van der Waals surface area contributed by atoms with Gasteiger partial charge in [0.15, 0.2) is 11.6 Å². The Balaban J connectivity index is 1.55. The zero-order valence-corrected chi connectivity index (χ0v) is 18.5. The van der Waals surface area contributed by atoms with Gasteiger partial charge in [-0.2, -0.15) is 5.10 Å². The first kappa shape index (κ1) is 22.2. The third-order valence-corrected chi connectivity index (χ3v) is 5.31. The number of hydrogen-bond acceptors (Lipinski definition) is 6. The third-order valence-electron chi connectivity index (χ3n) is 5.31. The fourth-order valence-corrected chi connectivity index (χ4v) is 3.58. The summed E-state index contributed by atoms with van der Waals surface area (Å²) < 4.78 is 20.7. The van der Waals surface area contributed by atoms with Crippen LogP contribution in [0.2, 0.25) is 0 Å². The van der Waals surface area contributed by atoms with Crippen molar-refractivity contribution in [2.75, 3.05) is 19.0 Å². The number of pyridine rings is 1. The smallest absolute Gasteiger partial charge is 0.251 e. The van der Waals surface area contributed by atoms with Gasteiger partial charge in [0.1, 0.15) is 11.6 Å². The van der Waals surface area contributed by atoms with E-state index in [0.29, 0.717) is 16.9 Å². The van der Waals surface area contributed by atoms with E-state index in [0.717, 1.165) is 22.3 Å². The van der Waals surface area contributed by atoms with E-state index in [1.807, 2.05) is 26.1 Å². The van der Waals surface area contributed by atoms with Crippen molar-refractivity contribution < 1.29 is 19.0 Å². The number of hydrogen-bond donors (Lipinski definition) is 3. The van der Waals surface area contributed by atoms with Crippen LogP contribution < -0.4 is 15.4 Å². The fraction of sp³-hybridized carbons (Fsp3) is 0.208. The van der Waals surface area contributed by atoms with Crippen molar-refractivity contribution in [3.8, 4) is 5.75 Å². The van der Waals surface area contributed by atoms with E-state index >= 15 is 0 Å². The number of benzene rings is 2. The number of halogens is 1. The van der Waals surface area contributed by atoms with Crippen molar-refractivity contribution in [2.24, 2.45) is 7.05 Å². The van der Waals surface area contributed by atoms with Crippen LogP contribution in [0.25, 0.3) is 10.8 Å². The second-order valence-corrected chi connectivity index (χ2v) is 7.65. The molecule has 4 aromatic rings. The summed E-state index contributed by atoms with van der Waals surface area (Å²) in [6.07, 6.45) is 1.72. The van der Waals surface area contributed by atoms with Crippen LogP contribution in [0.1, 0.15) is 27.7 Å². The van der Waals surface area contributed by atoms with Gasteiger partial charge in [0, 0.05) is 30.3 Å². The Kier molecular flexibility index (Phi) is 6.23. The van der Waals surface area contributed by atoms with Gasteiger partial charge in [-0.05, 0) is 48.2 Å². The van der Waals surface area contributed by atoms with E-state index in [4.69, 9.17) is 4.74 Å². The van der Waals surface area contributed by atoms with Gasteiger partial charge < -0.3 is 20.5 Å². The molecule has 0 saturated carbocycles. The Morgan fingerprint density at radius 1 is 1.18 bits per heavy atom. The summed E-state index contributed by atoms with van der Waals surface area (Å²) >= 11 is 0. The molecule has 0 radical (unpaired) electrons. The number of aromatic nitrogens is 3. The highest BCUT2D eigenvalue weighted by molar-refractivity contribution is 5.99. The second kappa shape index (κ2) is 9.25. The van der Waals surface area contributed by atoms with Gasteiger partial charge in [0.05, 0.1) is 25.5 Å². The third kappa shape index (κ3) is 4.78. The zero-order chi connectivity index (χ0) is 23.5. The van der Waals surface area contributed by atoms with Crippen LogP contribution in [-0.4, -0.2) is 39.5 Å².